The van der Waals surface area contributed by atoms with E-state index in [4.69, 9.17) is 4.74 Å². The number of nitrogens with one attached hydrogen (secondary N) is 2. The van der Waals surface area contributed by atoms with Gasteiger partial charge in [0.2, 0.25) is 5.91 Å². The number of rotatable bonds is 7. The lowest BCUT2D eigenvalue weighted by molar-refractivity contribution is -0.120. The first-order chi connectivity index (χ1) is 11.1. The minimum atomic E-state index is -0.375. The summed E-state index contributed by atoms with van der Waals surface area (Å²) in [6.45, 7) is 2.17. The third-order valence-corrected chi connectivity index (χ3v) is 4.69. The predicted molar refractivity (Wildman–Crippen MR) is 88.4 cm³/mol. The van der Waals surface area contributed by atoms with Gasteiger partial charge in [-0.15, -0.1) is 0 Å². The largest absolute Gasteiger partial charge is 0.465 e. The molecular weight excluding hydrogens is 292 g/mol. The lowest BCUT2D eigenvalue weighted by atomic mass is 10.1. The van der Waals surface area contributed by atoms with Gasteiger partial charge in [-0.1, -0.05) is 6.07 Å². The highest BCUT2D eigenvalue weighted by molar-refractivity contribution is 5.91. The van der Waals surface area contributed by atoms with E-state index >= 15 is 0 Å². The third kappa shape index (κ3) is 4.03. The van der Waals surface area contributed by atoms with Crippen molar-refractivity contribution >= 4 is 17.6 Å². The second-order valence-corrected chi connectivity index (χ2v) is 6.64. The SMILES string of the molecule is COC(=O)c1ccc(C)c(NCC(=O)NC(C2CC2)C2CC2)c1. The highest BCUT2D eigenvalue weighted by atomic mass is 16.5. The van der Waals surface area contributed by atoms with Crippen LogP contribution >= 0.6 is 0 Å². The average molecular weight is 316 g/mol. The van der Waals surface area contributed by atoms with Gasteiger partial charge in [-0.05, 0) is 62.1 Å². The van der Waals surface area contributed by atoms with Crippen LogP contribution in [0, 0.1) is 18.8 Å². The summed E-state index contributed by atoms with van der Waals surface area (Å²) in [5, 5.41) is 6.32. The van der Waals surface area contributed by atoms with Crippen LogP contribution in [-0.4, -0.2) is 31.6 Å². The van der Waals surface area contributed by atoms with Crippen LogP contribution in [0.25, 0.3) is 0 Å². The fraction of sp³-hybridized carbons (Fsp3) is 0.556. The second-order valence-electron chi connectivity index (χ2n) is 6.64. The quantitative estimate of drug-likeness (QED) is 0.759. The Kier molecular flexibility index (Phi) is 4.55. The number of methoxy groups -OCH3 is 1. The number of hydrogen-bond donors (Lipinski definition) is 2. The van der Waals surface area contributed by atoms with Gasteiger partial charge in [-0.2, -0.15) is 0 Å². The maximum absolute atomic E-state index is 12.2. The fourth-order valence-electron chi connectivity index (χ4n) is 3.00. The van der Waals surface area contributed by atoms with E-state index in [1.54, 1.807) is 12.1 Å². The zero-order chi connectivity index (χ0) is 16.4. The number of benzene rings is 1. The number of ether oxygens (including phenoxy) is 1. The molecule has 0 bridgehead atoms. The van der Waals surface area contributed by atoms with Crippen LogP contribution in [0.4, 0.5) is 5.69 Å². The van der Waals surface area contributed by atoms with Crippen molar-refractivity contribution in [3.8, 4) is 0 Å². The van der Waals surface area contributed by atoms with E-state index < -0.39 is 0 Å². The molecule has 2 N–H and O–H groups in total. The Morgan fingerprint density at radius 3 is 2.43 bits per heavy atom. The summed E-state index contributed by atoms with van der Waals surface area (Å²) < 4.78 is 4.73. The number of carbonyl (C=O) groups excluding carboxylic acids is 2. The number of carbonyl (C=O) groups is 2. The van der Waals surface area contributed by atoms with Crippen molar-refractivity contribution in [3.63, 3.8) is 0 Å². The Labute approximate surface area is 136 Å². The molecule has 3 rings (SSSR count). The Balaban J connectivity index is 1.56. The first-order valence-electron chi connectivity index (χ1n) is 8.30. The number of esters is 1. The fourth-order valence-corrected chi connectivity index (χ4v) is 3.00. The molecule has 124 valence electrons. The lowest BCUT2D eigenvalue weighted by Gasteiger charge is -2.18. The van der Waals surface area contributed by atoms with Gasteiger partial charge in [0, 0.05) is 11.7 Å². The third-order valence-electron chi connectivity index (χ3n) is 4.69. The van der Waals surface area contributed by atoms with Crippen LogP contribution in [0.5, 0.6) is 0 Å². The van der Waals surface area contributed by atoms with Gasteiger partial charge in [-0.25, -0.2) is 4.79 Å². The summed E-state index contributed by atoms with van der Waals surface area (Å²) in [4.78, 5) is 23.8. The van der Waals surface area contributed by atoms with E-state index in [0.29, 0.717) is 23.4 Å². The summed E-state index contributed by atoms with van der Waals surface area (Å²) in [5.41, 5.74) is 2.26. The molecule has 1 amide bonds. The van der Waals surface area contributed by atoms with Crippen molar-refractivity contribution < 1.29 is 14.3 Å². The molecule has 0 unspecified atom stereocenters. The van der Waals surface area contributed by atoms with Gasteiger partial charge in [0.15, 0.2) is 0 Å². The lowest BCUT2D eigenvalue weighted by Crippen LogP contribution is -2.41. The first-order valence-corrected chi connectivity index (χ1v) is 8.30. The summed E-state index contributed by atoms with van der Waals surface area (Å²) in [6.07, 6.45) is 4.98. The van der Waals surface area contributed by atoms with Crippen LogP contribution in [0.15, 0.2) is 18.2 Å². The number of anilines is 1. The number of amides is 1. The minimum Gasteiger partial charge on any atom is -0.465 e. The molecule has 0 aliphatic heterocycles. The Morgan fingerprint density at radius 1 is 1.22 bits per heavy atom. The van der Waals surface area contributed by atoms with Gasteiger partial charge >= 0.3 is 5.97 Å². The van der Waals surface area contributed by atoms with Crippen molar-refractivity contribution in [2.75, 3.05) is 19.0 Å². The van der Waals surface area contributed by atoms with E-state index in [2.05, 4.69) is 10.6 Å². The molecular formula is C18H24N2O3. The summed E-state index contributed by atoms with van der Waals surface area (Å²) in [6, 6.07) is 5.67. The molecule has 5 nitrogen and oxygen atoms in total. The highest BCUT2D eigenvalue weighted by Gasteiger charge is 2.42. The van der Waals surface area contributed by atoms with Crippen molar-refractivity contribution in [3.05, 3.63) is 29.3 Å². The smallest absolute Gasteiger partial charge is 0.337 e. The molecule has 0 heterocycles. The maximum Gasteiger partial charge on any atom is 0.337 e. The molecule has 0 atom stereocenters. The molecule has 2 fully saturated rings. The molecule has 0 saturated heterocycles. The van der Waals surface area contributed by atoms with Crippen LogP contribution in [-0.2, 0) is 9.53 Å². The topological polar surface area (TPSA) is 67.4 Å². The van der Waals surface area contributed by atoms with E-state index in [0.717, 1.165) is 11.3 Å². The molecule has 0 radical (unpaired) electrons. The van der Waals surface area contributed by atoms with Crippen LogP contribution < -0.4 is 10.6 Å². The van der Waals surface area contributed by atoms with Gasteiger partial charge in [0.25, 0.3) is 0 Å². The molecule has 5 heteroatoms. The van der Waals surface area contributed by atoms with E-state index in [1.807, 2.05) is 13.0 Å². The molecule has 2 aliphatic carbocycles. The molecule has 1 aromatic rings. The highest BCUT2D eigenvalue weighted by Crippen LogP contribution is 2.44. The molecule has 23 heavy (non-hydrogen) atoms. The second kappa shape index (κ2) is 6.60. The zero-order valence-corrected chi connectivity index (χ0v) is 13.7. The predicted octanol–water partition coefficient (Wildman–Crippen LogP) is 2.50. The monoisotopic (exact) mass is 316 g/mol. The molecule has 2 saturated carbocycles. The van der Waals surface area contributed by atoms with Crippen LogP contribution in [0.2, 0.25) is 0 Å². The first kappa shape index (κ1) is 15.8. The van der Waals surface area contributed by atoms with Crippen LogP contribution in [0.1, 0.15) is 41.6 Å². The van der Waals surface area contributed by atoms with E-state index in [9.17, 15) is 9.59 Å². The average Bonchev–Trinajstić information content (AvgIpc) is 3.43. The van der Waals surface area contributed by atoms with Gasteiger partial charge in [-0.3, -0.25) is 4.79 Å². The van der Waals surface area contributed by atoms with E-state index in [1.165, 1.54) is 32.8 Å². The summed E-state index contributed by atoms with van der Waals surface area (Å²) in [7, 11) is 1.36. The molecule has 0 spiro atoms. The molecule has 2 aliphatic rings. The normalized spacial score (nSPS) is 17.0. The van der Waals surface area contributed by atoms with Gasteiger partial charge < -0.3 is 15.4 Å². The van der Waals surface area contributed by atoms with Gasteiger partial charge in [0.05, 0.1) is 19.2 Å². The zero-order valence-electron chi connectivity index (χ0n) is 13.7. The summed E-state index contributed by atoms with van der Waals surface area (Å²) in [5.74, 6) is 1.03. The number of hydrogen-bond acceptors (Lipinski definition) is 4. The Hall–Kier alpha value is -2.04. The van der Waals surface area contributed by atoms with Crippen LogP contribution in [0.3, 0.4) is 0 Å². The Morgan fingerprint density at radius 2 is 1.87 bits per heavy atom. The minimum absolute atomic E-state index is 0.0247. The summed E-state index contributed by atoms with van der Waals surface area (Å²) >= 11 is 0. The molecule has 1 aromatic carbocycles. The van der Waals surface area contributed by atoms with Gasteiger partial charge in [0.1, 0.15) is 0 Å². The van der Waals surface area contributed by atoms with Crippen molar-refractivity contribution in [1.29, 1.82) is 0 Å². The maximum atomic E-state index is 12.2. The van der Waals surface area contributed by atoms with Crippen molar-refractivity contribution in [1.82, 2.24) is 5.32 Å². The Bertz CT molecular complexity index is 594. The van der Waals surface area contributed by atoms with E-state index in [-0.39, 0.29) is 18.4 Å². The number of aryl methyl sites for hydroxylation is 1. The van der Waals surface area contributed by atoms with Crippen molar-refractivity contribution in [2.24, 2.45) is 11.8 Å². The standard InChI is InChI=1S/C18H24N2O3/c1-11-3-4-14(18(22)23-2)9-15(11)19-10-16(21)20-17(12-5-6-12)13-7-8-13/h3-4,9,12-13,17,19H,5-8,10H2,1-2H3,(H,20,21). The molecule has 0 aromatic heterocycles. The van der Waals surface area contributed by atoms with Crippen molar-refractivity contribution in [2.45, 2.75) is 38.6 Å².